The second-order valence-corrected chi connectivity index (χ2v) is 5.54. The molecule has 0 heterocycles. The summed E-state index contributed by atoms with van der Waals surface area (Å²) < 4.78 is 0. The van der Waals surface area contributed by atoms with Crippen molar-refractivity contribution in [3.05, 3.63) is 35.4 Å². The van der Waals surface area contributed by atoms with Crippen molar-refractivity contribution in [2.45, 2.75) is 33.6 Å². The quantitative estimate of drug-likeness (QED) is 0.820. The Bertz CT molecular complexity index is 401. The highest BCUT2D eigenvalue weighted by atomic mass is 16.2. The van der Waals surface area contributed by atoms with Crippen molar-refractivity contribution in [1.82, 2.24) is 4.90 Å². The van der Waals surface area contributed by atoms with E-state index < -0.39 is 0 Å². The van der Waals surface area contributed by atoms with Crippen LogP contribution >= 0.6 is 0 Å². The van der Waals surface area contributed by atoms with Crippen molar-refractivity contribution in [2.75, 3.05) is 19.6 Å². The lowest BCUT2D eigenvalue weighted by Crippen LogP contribution is -2.36. The van der Waals surface area contributed by atoms with Crippen LogP contribution in [0.3, 0.4) is 0 Å². The zero-order valence-corrected chi connectivity index (χ0v) is 12.4. The third-order valence-corrected chi connectivity index (χ3v) is 3.01. The summed E-state index contributed by atoms with van der Waals surface area (Å²) in [5.41, 5.74) is 7.83. The van der Waals surface area contributed by atoms with Crippen molar-refractivity contribution in [1.29, 1.82) is 0 Å². The average Bonchev–Trinajstić information content (AvgIpc) is 2.34. The molecule has 0 aliphatic rings. The summed E-state index contributed by atoms with van der Waals surface area (Å²) in [5.74, 6) is 0.687. The van der Waals surface area contributed by atoms with E-state index in [2.05, 4.69) is 19.9 Å². The van der Waals surface area contributed by atoms with Crippen molar-refractivity contribution < 1.29 is 4.79 Å². The fourth-order valence-corrected chi connectivity index (χ4v) is 2.15. The van der Waals surface area contributed by atoms with E-state index in [0.29, 0.717) is 18.9 Å². The zero-order valence-electron chi connectivity index (χ0n) is 12.4. The van der Waals surface area contributed by atoms with Crippen molar-refractivity contribution >= 4 is 5.91 Å². The molecule has 3 heteroatoms. The molecule has 0 aliphatic carbocycles. The van der Waals surface area contributed by atoms with Gasteiger partial charge >= 0.3 is 0 Å². The topological polar surface area (TPSA) is 46.3 Å². The molecule has 1 aromatic carbocycles. The van der Waals surface area contributed by atoms with Gasteiger partial charge in [0.1, 0.15) is 0 Å². The Morgan fingerprint density at radius 3 is 2.68 bits per heavy atom. The van der Waals surface area contributed by atoms with Crippen LogP contribution in [-0.2, 0) is 11.2 Å². The summed E-state index contributed by atoms with van der Waals surface area (Å²) in [4.78, 5) is 14.3. The molecule has 0 aliphatic heterocycles. The first-order valence-corrected chi connectivity index (χ1v) is 7.06. The first-order chi connectivity index (χ1) is 9.02. The molecule has 0 bridgehead atoms. The Morgan fingerprint density at radius 2 is 2.11 bits per heavy atom. The van der Waals surface area contributed by atoms with Crippen molar-refractivity contribution in [2.24, 2.45) is 11.7 Å². The Labute approximate surface area is 116 Å². The lowest BCUT2D eigenvalue weighted by atomic mass is 10.1. The molecule has 0 saturated carbocycles. The summed E-state index contributed by atoms with van der Waals surface area (Å²) in [6.45, 7) is 8.52. The number of nitrogens with two attached hydrogens (primary N) is 1. The number of nitrogens with zero attached hydrogens (tertiary/aromatic N) is 1. The number of amides is 1. The van der Waals surface area contributed by atoms with E-state index in [0.717, 1.165) is 25.1 Å². The van der Waals surface area contributed by atoms with Crippen LogP contribution in [0.5, 0.6) is 0 Å². The van der Waals surface area contributed by atoms with E-state index in [-0.39, 0.29) is 5.91 Å². The summed E-state index contributed by atoms with van der Waals surface area (Å²) >= 11 is 0. The van der Waals surface area contributed by atoms with Gasteiger partial charge in [0.15, 0.2) is 0 Å². The van der Waals surface area contributed by atoms with Gasteiger partial charge in [-0.2, -0.15) is 0 Å². The predicted octanol–water partition coefficient (Wildman–Crippen LogP) is 2.37. The van der Waals surface area contributed by atoms with Gasteiger partial charge in [-0.15, -0.1) is 0 Å². The van der Waals surface area contributed by atoms with Gasteiger partial charge in [-0.1, -0.05) is 43.7 Å². The predicted molar refractivity (Wildman–Crippen MR) is 80.0 cm³/mol. The molecule has 1 rings (SSSR count). The van der Waals surface area contributed by atoms with Crippen LogP contribution in [0.25, 0.3) is 0 Å². The molecule has 1 aromatic rings. The highest BCUT2D eigenvalue weighted by Gasteiger charge is 2.14. The normalized spacial score (nSPS) is 10.8. The average molecular weight is 262 g/mol. The van der Waals surface area contributed by atoms with Gasteiger partial charge in [0.2, 0.25) is 5.91 Å². The number of hydrogen-bond acceptors (Lipinski definition) is 2. The first-order valence-electron chi connectivity index (χ1n) is 7.06. The molecule has 0 unspecified atom stereocenters. The molecule has 0 atom stereocenters. The molecular weight excluding hydrogens is 236 g/mol. The highest BCUT2D eigenvalue weighted by Crippen LogP contribution is 2.08. The fraction of sp³-hybridized carbons (Fsp3) is 0.562. The number of hydrogen-bond donors (Lipinski definition) is 1. The molecule has 0 spiro atoms. The van der Waals surface area contributed by atoms with Gasteiger partial charge in [0.05, 0.1) is 6.42 Å². The molecule has 3 nitrogen and oxygen atoms in total. The molecule has 0 aromatic heterocycles. The van der Waals surface area contributed by atoms with Crippen molar-refractivity contribution in [3.8, 4) is 0 Å². The first kappa shape index (κ1) is 15.7. The largest absolute Gasteiger partial charge is 0.342 e. The summed E-state index contributed by atoms with van der Waals surface area (Å²) in [7, 11) is 0. The Kier molecular flexibility index (Phi) is 6.57. The Balaban J connectivity index is 2.65. The van der Waals surface area contributed by atoms with E-state index in [1.54, 1.807) is 0 Å². The van der Waals surface area contributed by atoms with Crippen LogP contribution in [0.1, 0.15) is 31.4 Å². The van der Waals surface area contributed by atoms with E-state index in [4.69, 9.17) is 5.73 Å². The summed E-state index contributed by atoms with van der Waals surface area (Å²) in [5, 5.41) is 0. The number of rotatable bonds is 7. The lowest BCUT2D eigenvalue weighted by molar-refractivity contribution is -0.131. The lowest BCUT2D eigenvalue weighted by Gasteiger charge is -2.24. The van der Waals surface area contributed by atoms with Gasteiger partial charge in [-0.3, -0.25) is 4.79 Å². The number of benzene rings is 1. The molecule has 106 valence electrons. The highest BCUT2D eigenvalue weighted by molar-refractivity contribution is 5.78. The maximum Gasteiger partial charge on any atom is 0.226 e. The van der Waals surface area contributed by atoms with Crippen molar-refractivity contribution in [3.63, 3.8) is 0 Å². The van der Waals surface area contributed by atoms with Gasteiger partial charge in [0.25, 0.3) is 0 Å². The maximum atomic E-state index is 12.4. The number of carbonyl (C=O) groups is 1. The van der Waals surface area contributed by atoms with Crippen LogP contribution in [0.4, 0.5) is 0 Å². The fourth-order valence-electron chi connectivity index (χ4n) is 2.15. The molecule has 2 N–H and O–H groups in total. The van der Waals surface area contributed by atoms with Crippen LogP contribution in [0.2, 0.25) is 0 Å². The zero-order chi connectivity index (χ0) is 14.3. The molecule has 1 amide bonds. The smallest absolute Gasteiger partial charge is 0.226 e. The summed E-state index contributed by atoms with van der Waals surface area (Å²) in [6, 6.07) is 8.15. The van der Waals surface area contributed by atoms with Gasteiger partial charge < -0.3 is 10.6 Å². The third kappa shape index (κ3) is 5.88. The van der Waals surface area contributed by atoms with E-state index in [1.807, 2.05) is 30.0 Å². The van der Waals surface area contributed by atoms with E-state index >= 15 is 0 Å². The number of aryl methyl sites for hydroxylation is 1. The maximum absolute atomic E-state index is 12.4. The minimum Gasteiger partial charge on any atom is -0.342 e. The Morgan fingerprint density at radius 1 is 1.37 bits per heavy atom. The Hall–Kier alpha value is -1.35. The number of carbonyl (C=O) groups excluding carboxylic acids is 1. The third-order valence-electron chi connectivity index (χ3n) is 3.01. The van der Waals surface area contributed by atoms with Gasteiger partial charge in [0, 0.05) is 13.1 Å². The monoisotopic (exact) mass is 262 g/mol. The summed E-state index contributed by atoms with van der Waals surface area (Å²) in [6.07, 6.45) is 1.35. The SMILES string of the molecule is Cc1cccc(CC(=O)N(CCCN)CC(C)C)c1. The van der Waals surface area contributed by atoms with Crippen LogP contribution in [0.15, 0.2) is 24.3 Å². The van der Waals surface area contributed by atoms with Crippen LogP contribution < -0.4 is 5.73 Å². The molecule has 0 fully saturated rings. The van der Waals surface area contributed by atoms with E-state index in [9.17, 15) is 4.79 Å². The van der Waals surface area contributed by atoms with E-state index in [1.165, 1.54) is 5.56 Å². The van der Waals surface area contributed by atoms with Gasteiger partial charge in [-0.25, -0.2) is 0 Å². The molecule has 0 saturated heterocycles. The standard InChI is InChI=1S/C16H26N2O/c1-13(2)12-18(9-5-8-17)16(19)11-15-7-4-6-14(3)10-15/h4,6-7,10,13H,5,8-9,11-12,17H2,1-3H3. The minimum atomic E-state index is 0.202. The second-order valence-electron chi connectivity index (χ2n) is 5.54. The minimum absolute atomic E-state index is 0.202. The second kappa shape index (κ2) is 7.95. The van der Waals surface area contributed by atoms with Gasteiger partial charge in [-0.05, 0) is 31.4 Å². The van der Waals surface area contributed by atoms with Crippen LogP contribution in [0, 0.1) is 12.8 Å². The van der Waals surface area contributed by atoms with Crippen LogP contribution in [-0.4, -0.2) is 30.4 Å². The molecular formula is C16H26N2O. The molecule has 0 radical (unpaired) electrons. The molecule has 19 heavy (non-hydrogen) atoms.